The first-order valence-electron chi connectivity index (χ1n) is 5.77. The summed E-state index contributed by atoms with van der Waals surface area (Å²) in [5.74, 6) is 0.511. The minimum Gasteiger partial charge on any atom is -0.367 e. The first-order valence-corrected chi connectivity index (χ1v) is 6.75. The molecule has 1 amide bonds. The van der Waals surface area contributed by atoms with Crippen molar-refractivity contribution in [3.05, 3.63) is 35.9 Å². The van der Waals surface area contributed by atoms with E-state index >= 15 is 0 Å². The van der Waals surface area contributed by atoms with Crippen molar-refractivity contribution in [2.45, 2.75) is 18.6 Å². The molecule has 0 saturated carbocycles. The highest BCUT2D eigenvalue weighted by Crippen LogP contribution is 2.22. The topological polar surface area (TPSA) is 55.4 Å². The summed E-state index contributed by atoms with van der Waals surface area (Å²) < 4.78 is 5.21. The van der Waals surface area contributed by atoms with Crippen molar-refractivity contribution < 1.29 is 14.3 Å². The molecule has 0 aliphatic carbocycles. The van der Waals surface area contributed by atoms with Crippen molar-refractivity contribution in [1.29, 1.82) is 0 Å². The first-order chi connectivity index (χ1) is 8.72. The molecule has 0 spiro atoms. The van der Waals surface area contributed by atoms with Gasteiger partial charge in [0, 0.05) is 12.9 Å². The lowest BCUT2D eigenvalue weighted by Crippen LogP contribution is -2.40. The van der Waals surface area contributed by atoms with Crippen LogP contribution in [0.15, 0.2) is 30.3 Å². The fourth-order valence-corrected chi connectivity index (χ4v) is 2.83. The molecule has 5 heteroatoms. The molecule has 1 N–H and O–H groups in total. The Morgan fingerprint density at radius 2 is 2.17 bits per heavy atom. The van der Waals surface area contributed by atoms with E-state index in [-0.39, 0.29) is 17.1 Å². The summed E-state index contributed by atoms with van der Waals surface area (Å²) in [6.45, 7) is 0. The Kier molecular flexibility index (Phi) is 4.38. The van der Waals surface area contributed by atoms with Gasteiger partial charge in [-0.3, -0.25) is 9.59 Å². The van der Waals surface area contributed by atoms with Gasteiger partial charge in [-0.1, -0.05) is 42.1 Å². The molecule has 96 valence electrons. The van der Waals surface area contributed by atoms with Crippen molar-refractivity contribution >= 4 is 22.8 Å². The van der Waals surface area contributed by atoms with Crippen LogP contribution >= 0.6 is 11.8 Å². The van der Waals surface area contributed by atoms with Crippen LogP contribution in [0.25, 0.3) is 0 Å². The van der Waals surface area contributed by atoms with Gasteiger partial charge in [0.1, 0.15) is 0 Å². The first kappa shape index (κ1) is 13.1. The third-order valence-electron chi connectivity index (χ3n) is 2.83. The molecule has 18 heavy (non-hydrogen) atoms. The van der Waals surface area contributed by atoms with E-state index in [0.29, 0.717) is 6.42 Å². The highest BCUT2D eigenvalue weighted by Gasteiger charge is 2.29. The number of rotatable bonds is 4. The predicted molar refractivity (Wildman–Crippen MR) is 70.2 cm³/mol. The minimum absolute atomic E-state index is 0.0336. The van der Waals surface area contributed by atoms with E-state index in [0.717, 1.165) is 11.3 Å². The van der Waals surface area contributed by atoms with E-state index in [1.165, 1.54) is 18.9 Å². The Labute approximate surface area is 110 Å². The molecule has 0 bridgehead atoms. The van der Waals surface area contributed by atoms with Crippen molar-refractivity contribution in [3.63, 3.8) is 0 Å². The molecular weight excluding hydrogens is 250 g/mol. The molecule has 1 aromatic rings. The lowest BCUT2D eigenvalue weighted by molar-refractivity contribution is -0.133. The molecule has 1 fully saturated rings. The van der Waals surface area contributed by atoms with E-state index in [9.17, 15) is 9.59 Å². The summed E-state index contributed by atoms with van der Waals surface area (Å²) >= 11 is 1.27. The summed E-state index contributed by atoms with van der Waals surface area (Å²) in [5.41, 5.74) is 0.788. The van der Waals surface area contributed by atoms with Gasteiger partial charge in [-0.15, -0.1) is 0 Å². The van der Waals surface area contributed by atoms with Crippen LogP contribution in [-0.2, 0) is 14.3 Å². The maximum Gasteiger partial charge on any atom is 0.254 e. The highest BCUT2D eigenvalue weighted by molar-refractivity contribution is 8.14. The fraction of sp³-hybridized carbons (Fsp3) is 0.385. The zero-order chi connectivity index (χ0) is 13.0. The molecule has 1 saturated heterocycles. The van der Waals surface area contributed by atoms with Gasteiger partial charge in [-0.05, 0) is 12.0 Å². The van der Waals surface area contributed by atoms with Gasteiger partial charge >= 0.3 is 0 Å². The summed E-state index contributed by atoms with van der Waals surface area (Å²) in [6, 6.07) is 8.88. The molecule has 1 aliphatic rings. The van der Waals surface area contributed by atoms with E-state index in [2.05, 4.69) is 5.32 Å². The Hall–Kier alpha value is -1.33. The average Bonchev–Trinajstić information content (AvgIpc) is 2.77. The van der Waals surface area contributed by atoms with Crippen molar-refractivity contribution in [1.82, 2.24) is 5.32 Å². The van der Waals surface area contributed by atoms with Gasteiger partial charge in [0.2, 0.25) is 5.12 Å². The van der Waals surface area contributed by atoms with Crippen LogP contribution < -0.4 is 5.32 Å². The van der Waals surface area contributed by atoms with Gasteiger partial charge in [0.15, 0.2) is 6.10 Å². The van der Waals surface area contributed by atoms with Gasteiger partial charge in [0.25, 0.3) is 5.91 Å². The van der Waals surface area contributed by atoms with Gasteiger partial charge in [0.05, 0.1) is 6.04 Å². The number of nitrogens with one attached hydrogen (secondary N) is 1. The molecule has 1 aromatic carbocycles. The number of hydrogen-bond donors (Lipinski definition) is 1. The SMILES string of the molecule is CO[C@@H](C(=O)N[C@@H]1CCSC1=O)c1ccccc1. The molecule has 0 aromatic heterocycles. The maximum atomic E-state index is 12.1. The van der Waals surface area contributed by atoms with Crippen LogP contribution in [0.1, 0.15) is 18.1 Å². The second kappa shape index (κ2) is 6.02. The van der Waals surface area contributed by atoms with E-state index in [4.69, 9.17) is 4.74 Å². The summed E-state index contributed by atoms with van der Waals surface area (Å²) in [4.78, 5) is 23.5. The molecule has 1 aliphatic heterocycles. The molecule has 1 heterocycles. The zero-order valence-electron chi connectivity index (χ0n) is 10.1. The van der Waals surface area contributed by atoms with Gasteiger partial charge < -0.3 is 10.1 Å². The van der Waals surface area contributed by atoms with Crippen LogP contribution in [-0.4, -0.2) is 29.9 Å². The quantitative estimate of drug-likeness (QED) is 0.897. The number of thioether (sulfide) groups is 1. The normalized spacial score (nSPS) is 20.7. The van der Waals surface area contributed by atoms with E-state index < -0.39 is 6.10 Å². The lowest BCUT2D eigenvalue weighted by atomic mass is 10.1. The highest BCUT2D eigenvalue weighted by atomic mass is 32.2. The minimum atomic E-state index is -0.662. The monoisotopic (exact) mass is 265 g/mol. The number of ether oxygens (including phenoxy) is 1. The number of methoxy groups -OCH3 is 1. The van der Waals surface area contributed by atoms with E-state index in [1.54, 1.807) is 0 Å². The number of carbonyl (C=O) groups excluding carboxylic acids is 2. The summed E-state index contributed by atoms with van der Waals surface area (Å²) in [7, 11) is 1.49. The van der Waals surface area contributed by atoms with Gasteiger partial charge in [-0.25, -0.2) is 0 Å². The lowest BCUT2D eigenvalue weighted by Gasteiger charge is -2.17. The summed E-state index contributed by atoms with van der Waals surface area (Å²) in [5, 5.41) is 2.78. The molecule has 0 radical (unpaired) electrons. The zero-order valence-corrected chi connectivity index (χ0v) is 10.9. The van der Waals surface area contributed by atoms with Crippen LogP contribution in [0.2, 0.25) is 0 Å². The smallest absolute Gasteiger partial charge is 0.254 e. The fourth-order valence-electron chi connectivity index (χ4n) is 1.90. The number of hydrogen-bond acceptors (Lipinski definition) is 4. The molecule has 2 atom stereocenters. The molecule has 4 nitrogen and oxygen atoms in total. The van der Waals surface area contributed by atoms with Crippen LogP contribution in [0.5, 0.6) is 0 Å². The number of benzene rings is 1. The number of amides is 1. The van der Waals surface area contributed by atoms with Crippen molar-refractivity contribution in [2.24, 2.45) is 0 Å². The van der Waals surface area contributed by atoms with Crippen molar-refractivity contribution in [2.75, 3.05) is 12.9 Å². The van der Waals surface area contributed by atoms with E-state index in [1.807, 2.05) is 30.3 Å². The van der Waals surface area contributed by atoms with Crippen LogP contribution in [0, 0.1) is 0 Å². The Morgan fingerprint density at radius 1 is 1.44 bits per heavy atom. The average molecular weight is 265 g/mol. The maximum absolute atomic E-state index is 12.1. The van der Waals surface area contributed by atoms with Crippen LogP contribution in [0.4, 0.5) is 0 Å². The third-order valence-corrected chi connectivity index (χ3v) is 3.84. The van der Waals surface area contributed by atoms with Crippen LogP contribution in [0.3, 0.4) is 0 Å². The third kappa shape index (κ3) is 2.91. The molecule has 2 rings (SSSR count). The Morgan fingerprint density at radius 3 is 2.72 bits per heavy atom. The standard InChI is InChI=1S/C13H15NO3S/c1-17-11(9-5-3-2-4-6-9)12(15)14-10-7-8-18-13(10)16/h2-6,10-11H,7-8H2,1H3,(H,14,15)/t10-,11-/m1/s1. The number of carbonyl (C=O) groups is 2. The Bertz CT molecular complexity index is 435. The predicted octanol–water partition coefficient (Wildman–Crippen LogP) is 1.52. The summed E-state index contributed by atoms with van der Waals surface area (Å²) in [6.07, 6.45) is 0.0325. The molecular formula is C13H15NO3S. The second-order valence-corrected chi connectivity index (χ2v) is 5.14. The van der Waals surface area contributed by atoms with Crippen molar-refractivity contribution in [3.8, 4) is 0 Å². The van der Waals surface area contributed by atoms with Gasteiger partial charge in [-0.2, -0.15) is 0 Å². The second-order valence-electron chi connectivity index (χ2n) is 4.04. The molecule has 0 unspecified atom stereocenters. The largest absolute Gasteiger partial charge is 0.367 e. The Balaban J connectivity index is 2.04.